The third-order valence-electron chi connectivity index (χ3n) is 3.42. The number of hydrogen-bond acceptors (Lipinski definition) is 6. The largest absolute Gasteiger partial charge is 0.450 e. The van der Waals surface area contributed by atoms with Gasteiger partial charge in [-0.1, -0.05) is 30.3 Å². The lowest BCUT2D eigenvalue weighted by molar-refractivity contribution is -0.402. The summed E-state index contributed by atoms with van der Waals surface area (Å²) in [4.78, 5) is 33.2. The Hall–Kier alpha value is -3.16. The molecule has 132 valence electrons. The minimum absolute atomic E-state index is 0.0869. The highest BCUT2D eigenvalue weighted by atomic mass is 16.7. The van der Waals surface area contributed by atoms with Crippen LogP contribution in [0.15, 0.2) is 46.9 Å². The van der Waals surface area contributed by atoms with Crippen LogP contribution in [-0.2, 0) is 16.0 Å². The van der Waals surface area contributed by atoms with Crippen LogP contribution in [0.1, 0.15) is 29.5 Å². The Morgan fingerprint density at radius 1 is 1.24 bits per heavy atom. The van der Waals surface area contributed by atoms with E-state index < -0.39 is 29.3 Å². The highest BCUT2D eigenvalue weighted by Gasteiger charge is 2.19. The predicted molar refractivity (Wildman–Crippen MR) is 88.0 cm³/mol. The lowest BCUT2D eigenvalue weighted by atomic mass is 10.1. The van der Waals surface area contributed by atoms with Crippen LogP contribution in [0.3, 0.4) is 0 Å². The van der Waals surface area contributed by atoms with Crippen molar-refractivity contribution in [2.45, 2.75) is 25.8 Å². The van der Waals surface area contributed by atoms with Gasteiger partial charge in [-0.15, -0.1) is 0 Å². The molecule has 1 aromatic heterocycles. The SMILES string of the molecule is C[C@@H](CCc1ccccc1)NC(=O)COC(=O)c1ccc([N+](=O)[O-])o1. The van der Waals surface area contributed by atoms with Gasteiger partial charge in [0.15, 0.2) is 6.61 Å². The van der Waals surface area contributed by atoms with Gasteiger partial charge >= 0.3 is 11.9 Å². The fourth-order valence-corrected chi connectivity index (χ4v) is 2.15. The summed E-state index contributed by atoms with van der Waals surface area (Å²) in [6, 6.07) is 12.0. The van der Waals surface area contributed by atoms with Crippen LogP contribution in [-0.4, -0.2) is 29.4 Å². The highest BCUT2D eigenvalue weighted by Crippen LogP contribution is 2.16. The molecule has 0 aliphatic carbocycles. The van der Waals surface area contributed by atoms with Crippen LogP contribution in [0.5, 0.6) is 0 Å². The Balaban J connectivity index is 1.72. The van der Waals surface area contributed by atoms with Gasteiger partial charge in [0.25, 0.3) is 5.91 Å². The molecule has 0 saturated heterocycles. The summed E-state index contributed by atoms with van der Waals surface area (Å²) < 4.78 is 9.48. The highest BCUT2D eigenvalue weighted by molar-refractivity contribution is 5.89. The quantitative estimate of drug-likeness (QED) is 0.446. The number of esters is 1. The van der Waals surface area contributed by atoms with Crippen molar-refractivity contribution in [3.63, 3.8) is 0 Å². The molecule has 8 heteroatoms. The first-order valence-electron chi connectivity index (χ1n) is 7.70. The fourth-order valence-electron chi connectivity index (χ4n) is 2.15. The lowest BCUT2D eigenvalue weighted by Crippen LogP contribution is -2.36. The number of ether oxygens (including phenoxy) is 1. The molecule has 2 rings (SSSR count). The second kappa shape index (κ2) is 8.62. The first-order chi connectivity index (χ1) is 12.0. The van der Waals surface area contributed by atoms with Crippen molar-refractivity contribution in [1.82, 2.24) is 5.32 Å². The van der Waals surface area contributed by atoms with Gasteiger partial charge in [0.2, 0.25) is 5.76 Å². The molecule has 8 nitrogen and oxygen atoms in total. The van der Waals surface area contributed by atoms with E-state index in [0.717, 1.165) is 25.0 Å². The number of carbonyl (C=O) groups excluding carboxylic acids is 2. The molecule has 0 bridgehead atoms. The van der Waals surface area contributed by atoms with E-state index in [4.69, 9.17) is 9.15 Å². The van der Waals surface area contributed by atoms with Crippen LogP contribution >= 0.6 is 0 Å². The van der Waals surface area contributed by atoms with E-state index in [9.17, 15) is 19.7 Å². The summed E-state index contributed by atoms with van der Waals surface area (Å²) in [7, 11) is 0. The molecule has 0 aliphatic heterocycles. The molecule has 1 amide bonds. The van der Waals surface area contributed by atoms with E-state index in [0.29, 0.717) is 0 Å². The monoisotopic (exact) mass is 346 g/mol. The number of nitrogens with one attached hydrogen (secondary N) is 1. The van der Waals surface area contributed by atoms with Gasteiger partial charge in [-0.25, -0.2) is 4.79 Å². The van der Waals surface area contributed by atoms with Gasteiger partial charge in [0.1, 0.15) is 4.92 Å². The molecule has 25 heavy (non-hydrogen) atoms. The van der Waals surface area contributed by atoms with E-state index >= 15 is 0 Å². The van der Waals surface area contributed by atoms with E-state index in [1.54, 1.807) is 0 Å². The molecular formula is C17H18N2O6. The summed E-state index contributed by atoms with van der Waals surface area (Å²) in [5.74, 6) is -2.27. The van der Waals surface area contributed by atoms with Crippen molar-refractivity contribution in [2.24, 2.45) is 0 Å². The van der Waals surface area contributed by atoms with E-state index in [-0.39, 0.29) is 11.8 Å². The Bertz CT molecular complexity index is 741. The standard InChI is InChI=1S/C17H18N2O6/c1-12(7-8-13-5-3-2-4-6-13)18-15(20)11-24-17(21)14-9-10-16(25-14)19(22)23/h2-6,9-10,12H,7-8,11H2,1H3,(H,18,20)/t12-/m0/s1. The number of nitro groups is 1. The van der Waals surface area contributed by atoms with Gasteiger partial charge in [0.05, 0.1) is 6.07 Å². The van der Waals surface area contributed by atoms with Crippen molar-refractivity contribution < 1.29 is 23.7 Å². The van der Waals surface area contributed by atoms with Crippen LogP contribution < -0.4 is 5.32 Å². The van der Waals surface area contributed by atoms with E-state index in [2.05, 4.69) is 5.32 Å². The van der Waals surface area contributed by atoms with Crippen molar-refractivity contribution in [1.29, 1.82) is 0 Å². The van der Waals surface area contributed by atoms with Gasteiger partial charge in [-0.2, -0.15) is 0 Å². The normalized spacial score (nSPS) is 11.6. The van der Waals surface area contributed by atoms with Crippen molar-refractivity contribution in [3.8, 4) is 0 Å². The molecule has 0 radical (unpaired) electrons. The molecule has 0 saturated carbocycles. The van der Waals surface area contributed by atoms with Gasteiger partial charge < -0.3 is 14.5 Å². The number of amides is 1. The van der Waals surface area contributed by atoms with Crippen LogP contribution in [0.25, 0.3) is 0 Å². The molecule has 2 aromatic rings. The maximum Gasteiger partial charge on any atom is 0.433 e. The molecule has 0 aliphatic rings. The Labute approximate surface area is 143 Å². The number of benzene rings is 1. The van der Waals surface area contributed by atoms with Crippen LogP contribution in [0.2, 0.25) is 0 Å². The summed E-state index contributed by atoms with van der Waals surface area (Å²) >= 11 is 0. The number of hydrogen-bond donors (Lipinski definition) is 1. The smallest absolute Gasteiger partial charge is 0.433 e. The lowest BCUT2D eigenvalue weighted by Gasteiger charge is -2.13. The van der Waals surface area contributed by atoms with Gasteiger partial charge in [-0.3, -0.25) is 14.9 Å². The van der Waals surface area contributed by atoms with Crippen LogP contribution in [0.4, 0.5) is 5.88 Å². The molecule has 1 heterocycles. The average Bonchev–Trinajstić information content (AvgIpc) is 3.09. The van der Waals surface area contributed by atoms with Crippen LogP contribution in [0, 0.1) is 10.1 Å². The predicted octanol–water partition coefficient (Wildman–Crippen LogP) is 2.48. The first kappa shape index (κ1) is 18.2. The Morgan fingerprint density at radius 3 is 2.60 bits per heavy atom. The van der Waals surface area contributed by atoms with Crippen molar-refractivity contribution in [3.05, 3.63) is 63.9 Å². The van der Waals surface area contributed by atoms with Gasteiger partial charge in [0, 0.05) is 6.04 Å². The summed E-state index contributed by atoms with van der Waals surface area (Å²) in [5.41, 5.74) is 1.18. The number of rotatable bonds is 8. The summed E-state index contributed by atoms with van der Waals surface area (Å²) in [5, 5.41) is 13.2. The fraction of sp³-hybridized carbons (Fsp3) is 0.294. The maximum atomic E-state index is 11.8. The number of aryl methyl sites for hydroxylation is 1. The molecule has 1 aromatic carbocycles. The zero-order chi connectivity index (χ0) is 18.2. The molecule has 0 unspecified atom stereocenters. The minimum Gasteiger partial charge on any atom is -0.450 e. The topological polar surface area (TPSA) is 112 Å². The molecule has 1 atom stereocenters. The third-order valence-corrected chi connectivity index (χ3v) is 3.42. The zero-order valence-electron chi connectivity index (χ0n) is 13.6. The number of furan rings is 1. The average molecular weight is 346 g/mol. The zero-order valence-corrected chi connectivity index (χ0v) is 13.6. The Kier molecular flexibility index (Phi) is 6.27. The second-order valence-electron chi connectivity index (χ2n) is 5.46. The first-order valence-corrected chi connectivity index (χ1v) is 7.70. The molecule has 0 fully saturated rings. The number of nitrogens with zero attached hydrogens (tertiary/aromatic N) is 1. The molecule has 1 N–H and O–H groups in total. The summed E-state index contributed by atoms with van der Waals surface area (Å²) in [6.07, 6.45) is 1.56. The van der Waals surface area contributed by atoms with Crippen molar-refractivity contribution >= 4 is 17.8 Å². The van der Waals surface area contributed by atoms with Gasteiger partial charge in [-0.05, 0) is 31.4 Å². The molecule has 0 spiro atoms. The Morgan fingerprint density at radius 2 is 1.96 bits per heavy atom. The van der Waals surface area contributed by atoms with E-state index in [1.807, 2.05) is 37.3 Å². The number of carbonyl (C=O) groups is 2. The second-order valence-corrected chi connectivity index (χ2v) is 5.46. The third kappa shape index (κ3) is 5.76. The molecular weight excluding hydrogens is 328 g/mol. The maximum absolute atomic E-state index is 11.8. The van der Waals surface area contributed by atoms with Crippen molar-refractivity contribution in [2.75, 3.05) is 6.61 Å². The minimum atomic E-state index is -0.930. The summed E-state index contributed by atoms with van der Waals surface area (Å²) in [6.45, 7) is 1.38. The van der Waals surface area contributed by atoms with E-state index in [1.165, 1.54) is 5.56 Å².